The van der Waals surface area contributed by atoms with E-state index in [1.807, 2.05) is 25.1 Å². The largest absolute Gasteiger partial charge is 0.388 e. The van der Waals surface area contributed by atoms with Crippen LogP contribution in [0.5, 0.6) is 0 Å². The maximum absolute atomic E-state index is 12.7. The lowest BCUT2D eigenvalue weighted by Crippen LogP contribution is -2.55. The van der Waals surface area contributed by atoms with E-state index in [1.54, 1.807) is 18.7 Å². The van der Waals surface area contributed by atoms with E-state index in [9.17, 15) is 19.5 Å². The van der Waals surface area contributed by atoms with Gasteiger partial charge in [-0.2, -0.15) is 0 Å². The number of hydrogen-bond donors (Lipinski definition) is 3. The van der Waals surface area contributed by atoms with E-state index >= 15 is 0 Å². The Morgan fingerprint density at radius 3 is 2.88 bits per heavy atom. The van der Waals surface area contributed by atoms with Gasteiger partial charge < -0.3 is 19.7 Å². The van der Waals surface area contributed by atoms with Crippen molar-refractivity contribution in [2.24, 2.45) is 0 Å². The summed E-state index contributed by atoms with van der Waals surface area (Å²) >= 11 is 0. The maximum atomic E-state index is 12.7. The van der Waals surface area contributed by atoms with Crippen LogP contribution in [-0.2, 0) is 16.1 Å². The molecule has 2 aromatic heterocycles. The minimum atomic E-state index is -1.21. The molecular weight excluding hydrogens is 414 g/mol. The first-order valence-corrected chi connectivity index (χ1v) is 10.5. The van der Waals surface area contributed by atoms with Crippen molar-refractivity contribution in [2.75, 3.05) is 19.7 Å². The van der Waals surface area contributed by atoms with Crippen molar-refractivity contribution in [3.05, 3.63) is 62.2 Å². The molecule has 10 nitrogen and oxygen atoms in total. The van der Waals surface area contributed by atoms with E-state index in [0.29, 0.717) is 17.9 Å². The summed E-state index contributed by atoms with van der Waals surface area (Å²) in [7, 11) is 0. The molecule has 0 unspecified atom stereocenters. The number of ether oxygens (including phenoxy) is 1. The average Bonchev–Trinajstić information content (AvgIpc) is 3.12. The number of fused-ring (bicyclic) bond motifs is 1. The molecule has 1 fully saturated rings. The molecule has 0 spiro atoms. The van der Waals surface area contributed by atoms with E-state index in [0.717, 1.165) is 16.6 Å². The Bertz CT molecular complexity index is 1270. The van der Waals surface area contributed by atoms with E-state index in [1.165, 1.54) is 10.8 Å². The van der Waals surface area contributed by atoms with Crippen LogP contribution < -0.4 is 11.2 Å². The molecular formula is C22H27N5O5. The Balaban J connectivity index is 1.42. The number of imidazole rings is 1. The predicted molar refractivity (Wildman–Crippen MR) is 117 cm³/mol. The molecule has 32 heavy (non-hydrogen) atoms. The number of piperidine rings is 1. The van der Waals surface area contributed by atoms with Crippen molar-refractivity contribution in [3.63, 3.8) is 0 Å². The van der Waals surface area contributed by atoms with Crippen molar-refractivity contribution >= 4 is 16.9 Å². The second kappa shape index (κ2) is 8.36. The van der Waals surface area contributed by atoms with Crippen molar-refractivity contribution < 1.29 is 14.6 Å². The van der Waals surface area contributed by atoms with E-state index < -0.39 is 22.9 Å². The number of aliphatic hydroxyl groups is 1. The van der Waals surface area contributed by atoms with Gasteiger partial charge in [0.05, 0.1) is 22.7 Å². The number of aromatic amines is 2. The molecule has 3 N–H and O–H groups in total. The van der Waals surface area contributed by atoms with Crippen molar-refractivity contribution in [1.82, 2.24) is 24.4 Å². The molecule has 4 rings (SSSR count). The third-order valence-electron chi connectivity index (χ3n) is 5.98. The fourth-order valence-corrected chi connectivity index (χ4v) is 4.03. The van der Waals surface area contributed by atoms with Gasteiger partial charge >= 0.3 is 5.69 Å². The van der Waals surface area contributed by atoms with Gasteiger partial charge in [-0.15, -0.1) is 0 Å². The number of rotatable bonds is 5. The Hall–Kier alpha value is -3.24. The van der Waals surface area contributed by atoms with Gasteiger partial charge in [-0.25, -0.2) is 9.78 Å². The first-order valence-electron chi connectivity index (χ1n) is 10.5. The minimum absolute atomic E-state index is 0.129. The SMILES string of the molecule is Cc1ccc2nc(COCC(=O)N3CC[C@@](C)(O)[C@H](n4cc(C)c(=O)[nH]c4=O)C3)[nH]c2c1. The number of likely N-dealkylation sites (tertiary alicyclic amines) is 1. The van der Waals surface area contributed by atoms with Crippen LogP contribution in [0, 0.1) is 13.8 Å². The molecule has 0 aliphatic carbocycles. The predicted octanol–water partition coefficient (Wildman–Crippen LogP) is 0.771. The summed E-state index contributed by atoms with van der Waals surface area (Å²) in [5.41, 5.74) is 0.934. The van der Waals surface area contributed by atoms with Gasteiger partial charge in [0.15, 0.2) is 0 Å². The minimum Gasteiger partial charge on any atom is -0.388 e. The first-order chi connectivity index (χ1) is 15.1. The molecule has 3 heterocycles. The molecule has 10 heteroatoms. The molecule has 1 aromatic carbocycles. The summed E-state index contributed by atoms with van der Waals surface area (Å²) in [6.45, 7) is 5.70. The van der Waals surface area contributed by atoms with Crippen LogP contribution in [0.2, 0.25) is 0 Å². The molecule has 1 amide bonds. The zero-order valence-electron chi connectivity index (χ0n) is 18.3. The number of amides is 1. The topological polar surface area (TPSA) is 133 Å². The number of aryl methyl sites for hydroxylation is 2. The Morgan fingerprint density at radius 1 is 1.31 bits per heavy atom. The second-order valence-corrected chi connectivity index (χ2v) is 8.64. The quantitative estimate of drug-likeness (QED) is 0.536. The Labute approximate surface area is 183 Å². The standard InChI is InChI=1S/C22H27N5O5/c1-13-4-5-15-16(8-13)24-18(23-15)11-32-12-19(28)26-7-6-22(3,31)17(10-26)27-9-14(2)20(29)25-21(27)30/h4-5,8-9,17,31H,6-7,10-12H2,1-3H3,(H,23,24)(H,25,29,30)/t17-,22-/m1/s1. The van der Waals surface area contributed by atoms with Crippen LogP contribution in [-0.4, -0.2) is 60.7 Å². The summed E-state index contributed by atoms with van der Waals surface area (Å²) in [5, 5.41) is 10.9. The Morgan fingerprint density at radius 2 is 2.09 bits per heavy atom. The monoisotopic (exact) mass is 441 g/mol. The number of hydrogen-bond acceptors (Lipinski definition) is 6. The molecule has 1 saturated heterocycles. The van der Waals surface area contributed by atoms with Gasteiger partial charge in [-0.1, -0.05) is 6.07 Å². The Kier molecular flexibility index (Phi) is 5.74. The highest BCUT2D eigenvalue weighted by Gasteiger charge is 2.40. The van der Waals surface area contributed by atoms with Crippen LogP contribution in [0.25, 0.3) is 11.0 Å². The van der Waals surface area contributed by atoms with Crippen LogP contribution in [0.15, 0.2) is 34.0 Å². The van der Waals surface area contributed by atoms with E-state index in [2.05, 4.69) is 15.0 Å². The molecule has 3 aromatic rings. The molecule has 0 radical (unpaired) electrons. The maximum Gasteiger partial charge on any atom is 0.328 e. The van der Waals surface area contributed by atoms with Crippen LogP contribution in [0.3, 0.4) is 0 Å². The summed E-state index contributed by atoms with van der Waals surface area (Å²) in [6, 6.07) is 5.21. The van der Waals surface area contributed by atoms with Gasteiger partial charge in [-0.3, -0.25) is 19.1 Å². The average molecular weight is 441 g/mol. The fraction of sp³-hybridized carbons (Fsp3) is 0.455. The van der Waals surface area contributed by atoms with Crippen molar-refractivity contribution in [1.29, 1.82) is 0 Å². The molecule has 2 atom stereocenters. The number of nitrogens with zero attached hydrogens (tertiary/aromatic N) is 3. The van der Waals surface area contributed by atoms with Crippen molar-refractivity contribution in [3.8, 4) is 0 Å². The zero-order valence-corrected chi connectivity index (χ0v) is 18.3. The zero-order chi connectivity index (χ0) is 23.0. The molecule has 1 aliphatic rings. The highest BCUT2D eigenvalue weighted by atomic mass is 16.5. The number of benzene rings is 1. The highest BCUT2D eigenvalue weighted by Crippen LogP contribution is 2.30. The third kappa shape index (κ3) is 4.37. The molecule has 0 bridgehead atoms. The second-order valence-electron chi connectivity index (χ2n) is 8.64. The molecule has 1 aliphatic heterocycles. The summed E-state index contributed by atoms with van der Waals surface area (Å²) < 4.78 is 6.88. The lowest BCUT2D eigenvalue weighted by Gasteiger charge is -2.43. The number of H-pyrrole nitrogens is 2. The van der Waals surface area contributed by atoms with Crippen LogP contribution in [0.4, 0.5) is 0 Å². The number of nitrogens with one attached hydrogen (secondary N) is 2. The summed E-state index contributed by atoms with van der Waals surface area (Å²) in [4.78, 5) is 48.2. The third-order valence-corrected chi connectivity index (χ3v) is 5.98. The van der Waals surface area contributed by atoms with Gasteiger partial charge in [0.2, 0.25) is 5.91 Å². The molecule has 170 valence electrons. The van der Waals surface area contributed by atoms with Gasteiger partial charge in [-0.05, 0) is 44.9 Å². The number of carbonyl (C=O) groups excluding carboxylic acids is 1. The summed E-state index contributed by atoms with van der Waals surface area (Å²) in [6.07, 6.45) is 1.71. The van der Waals surface area contributed by atoms with Crippen LogP contribution in [0.1, 0.15) is 36.3 Å². The van der Waals surface area contributed by atoms with Gasteiger partial charge in [0.1, 0.15) is 19.0 Å². The molecule has 0 saturated carbocycles. The van der Waals surface area contributed by atoms with Crippen molar-refractivity contribution in [2.45, 2.75) is 45.4 Å². The van der Waals surface area contributed by atoms with Crippen LogP contribution >= 0.6 is 0 Å². The smallest absolute Gasteiger partial charge is 0.328 e. The number of carbonyl (C=O) groups is 1. The van der Waals surface area contributed by atoms with Gasteiger partial charge in [0.25, 0.3) is 5.56 Å². The lowest BCUT2D eigenvalue weighted by atomic mass is 9.88. The highest BCUT2D eigenvalue weighted by molar-refractivity contribution is 5.78. The first kappa shape index (κ1) is 22.0. The van der Waals surface area contributed by atoms with E-state index in [-0.39, 0.29) is 32.1 Å². The number of aromatic nitrogens is 4. The lowest BCUT2D eigenvalue weighted by molar-refractivity contribution is -0.143. The fourth-order valence-electron chi connectivity index (χ4n) is 4.03. The normalized spacial score (nSPS) is 21.2. The van der Waals surface area contributed by atoms with Gasteiger partial charge in [0, 0.05) is 24.8 Å². The van der Waals surface area contributed by atoms with E-state index in [4.69, 9.17) is 4.74 Å². The summed E-state index contributed by atoms with van der Waals surface area (Å²) in [5.74, 6) is 0.389.